The minimum atomic E-state index is 0.424. The molecule has 6 heteroatoms. The summed E-state index contributed by atoms with van der Waals surface area (Å²) in [6, 6.07) is 15.6. The molecule has 0 bridgehead atoms. The Hall–Kier alpha value is -2.37. The van der Waals surface area contributed by atoms with E-state index in [1.54, 1.807) is 6.07 Å². The molecule has 4 rings (SSSR count). The minimum Gasteiger partial charge on any atom is -0.416 e. The van der Waals surface area contributed by atoms with Gasteiger partial charge in [-0.3, -0.25) is 0 Å². The fourth-order valence-electron chi connectivity index (χ4n) is 2.72. The van der Waals surface area contributed by atoms with Crippen LogP contribution in [0.5, 0.6) is 0 Å². The number of nitrogens with zero attached hydrogens (tertiary/aromatic N) is 3. The van der Waals surface area contributed by atoms with Crippen LogP contribution >= 0.6 is 11.6 Å². The summed E-state index contributed by atoms with van der Waals surface area (Å²) in [7, 11) is 0. The Kier molecular flexibility index (Phi) is 4.19. The molecule has 2 aromatic carbocycles. The predicted molar refractivity (Wildman–Crippen MR) is 93.2 cm³/mol. The van der Waals surface area contributed by atoms with Crippen molar-refractivity contribution in [1.82, 2.24) is 10.2 Å². The summed E-state index contributed by atoms with van der Waals surface area (Å²) < 4.78 is 11.2. The number of halogens is 1. The Balaban J connectivity index is 1.57. The average molecular weight is 342 g/mol. The van der Waals surface area contributed by atoms with Gasteiger partial charge in [-0.1, -0.05) is 23.7 Å². The molecule has 1 fully saturated rings. The first-order chi connectivity index (χ1) is 11.8. The molecule has 1 aliphatic heterocycles. The summed E-state index contributed by atoms with van der Waals surface area (Å²) >= 11 is 6.18. The second-order valence-corrected chi connectivity index (χ2v) is 5.95. The number of hydrogen-bond acceptors (Lipinski definition) is 5. The van der Waals surface area contributed by atoms with Crippen molar-refractivity contribution in [3.63, 3.8) is 0 Å². The molecular weight excluding hydrogens is 326 g/mol. The zero-order valence-corrected chi connectivity index (χ0v) is 13.7. The lowest BCUT2D eigenvalue weighted by Crippen LogP contribution is -2.36. The predicted octanol–water partition coefficient (Wildman–Crippen LogP) is 3.89. The molecule has 2 heterocycles. The van der Waals surface area contributed by atoms with E-state index in [-0.39, 0.29) is 0 Å². The number of morpholine rings is 1. The molecule has 0 N–H and O–H groups in total. The van der Waals surface area contributed by atoms with E-state index in [1.165, 1.54) is 5.69 Å². The van der Waals surface area contributed by atoms with Gasteiger partial charge in [0.1, 0.15) is 0 Å². The maximum atomic E-state index is 6.18. The van der Waals surface area contributed by atoms with Crippen LogP contribution in [0.15, 0.2) is 52.9 Å². The standard InChI is InChI=1S/C18H16ClN3O2/c19-16-4-2-1-3-15(16)18-21-20-17(24-18)13-5-7-14(8-6-13)22-9-11-23-12-10-22/h1-8H,9-12H2. The van der Waals surface area contributed by atoms with Gasteiger partial charge in [0.2, 0.25) is 11.8 Å². The molecule has 0 saturated carbocycles. The van der Waals surface area contributed by atoms with Crippen molar-refractivity contribution in [1.29, 1.82) is 0 Å². The SMILES string of the molecule is Clc1ccccc1-c1nnc(-c2ccc(N3CCOCC3)cc2)o1. The average Bonchev–Trinajstić information content (AvgIpc) is 3.13. The number of ether oxygens (including phenoxy) is 1. The first-order valence-corrected chi connectivity index (χ1v) is 8.20. The minimum absolute atomic E-state index is 0.424. The molecule has 0 atom stereocenters. The van der Waals surface area contributed by atoms with Crippen molar-refractivity contribution in [3.8, 4) is 22.9 Å². The molecule has 122 valence electrons. The lowest BCUT2D eigenvalue weighted by molar-refractivity contribution is 0.122. The first kappa shape index (κ1) is 15.2. The van der Waals surface area contributed by atoms with E-state index in [9.17, 15) is 0 Å². The highest BCUT2D eigenvalue weighted by atomic mass is 35.5. The highest BCUT2D eigenvalue weighted by molar-refractivity contribution is 6.33. The molecule has 1 aromatic heterocycles. The normalized spacial score (nSPS) is 14.8. The van der Waals surface area contributed by atoms with E-state index in [0.717, 1.165) is 37.4 Å². The first-order valence-electron chi connectivity index (χ1n) is 7.83. The molecule has 1 saturated heterocycles. The van der Waals surface area contributed by atoms with E-state index in [0.29, 0.717) is 16.8 Å². The third-order valence-electron chi connectivity index (χ3n) is 4.02. The van der Waals surface area contributed by atoms with E-state index in [1.807, 2.05) is 30.3 Å². The van der Waals surface area contributed by atoms with Crippen LogP contribution in [0.1, 0.15) is 0 Å². The van der Waals surface area contributed by atoms with Gasteiger partial charge < -0.3 is 14.1 Å². The third kappa shape index (κ3) is 3.00. The molecule has 0 aliphatic carbocycles. The Bertz CT molecular complexity index is 826. The van der Waals surface area contributed by atoms with Crippen molar-refractivity contribution in [2.24, 2.45) is 0 Å². The maximum absolute atomic E-state index is 6.18. The van der Waals surface area contributed by atoms with Gasteiger partial charge in [-0.25, -0.2) is 0 Å². The number of rotatable bonds is 3. The van der Waals surface area contributed by atoms with Crippen LogP contribution in [-0.4, -0.2) is 36.5 Å². The van der Waals surface area contributed by atoms with Gasteiger partial charge >= 0.3 is 0 Å². The van der Waals surface area contributed by atoms with Crippen molar-refractivity contribution >= 4 is 17.3 Å². The second kappa shape index (κ2) is 6.63. The topological polar surface area (TPSA) is 51.4 Å². The van der Waals surface area contributed by atoms with Crippen LogP contribution in [0.4, 0.5) is 5.69 Å². The van der Waals surface area contributed by atoms with Crippen LogP contribution in [0.3, 0.4) is 0 Å². The van der Waals surface area contributed by atoms with E-state index in [2.05, 4.69) is 27.2 Å². The molecule has 24 heavy (non-hydrogen) atoms. The number of hydrogen-bond donors (Lipinski definition) is 0. The van der Waals surface area contributed by atoms with Gasteiger partial charge in [-0.15, -0.1) is 10.2 Å². The fourth-order valence-corrected chi connectivity index (χ4v) is 2.94. The lowest BCUT2D eigenvalue weighted by atomic mass is 10.2. The smallest absolute Gasteiger partial charge is 0.249 e. The van der Waals surface area contributed by atoms with Gasteiger partial charge in [0.15, 0.2) is 0 Å². The zero-order chi connectivity index (χ0) is 16.4. The van der Waals surface area contributed by atoms with Crippen molar-refractivity contribution in [2.45, 2.75) is 0 Å². The van der Waals surface area contributed by atoms with Gasteiger partial charge in [-0.2, -0.15) is 0 Å². The fraction of sp³-hybridized carbons (Fsp3) is 0.222. The zero-order valence-electron chi connectivity index (χ0n) is 13.0. The molecule has 0 amide bonds. The van der Waals surface area contributed by atoms with Gasteiger partial charge in [0.25, 0.3) is 0 Å². The van der Waals surface area contributed by atoms with Crippen molar-refractivity contribution < 1.29 is 9.15 Å². The van der Waals surface area contributed by atoms with Crippen molar-refractivity contribution in [2.75, 3.05) is 31.2 Å². The molecule has 1 aliphatic rings. The van der Waals surface area contributed by atoms with Crippen molar-refractivity contribution in [3.05, 3.63) is 53.6 Å². The molecule has 0 unspecified atom stereocenters. The summed E-state index contributed by atoms with van der Waals surface area (Å²) in [5, 5.41) is 8.84. The third-order valence-corrected chi connectivity index (χ3v) is 4.35. The molecule has 0 spiro atoms. The molecule has 0 radical (unpaired) electrons. The maximum Gasteiger partial charge on any atom is 0.249 e. The molecule has 5 nitrogen and oxygen atoms in total. The number of aromatic nitrogens is 2. The van der Waals surface area contributed by atoms with Gasteiger partial charge in [-0.05, 0) is 36.4 Å². The van der Waals surface area contributed by atoms with Crippen LogP contribution in [0.2, 0.25) is 5.02 Å². The monoisotopic (exact) mass is 341 g/mol. The van der Waals surface area contributed by atoms with Gasteiger partial charge in [0.05, 0.1) is 23.8 Å². The highest BCUT2D eigenvalue weighted by Gasteiger charge is 2.14. The van der Waals surface area contributed by atoms with Crippen LogP contribution in [-0.2, 0) is 4.74 Å². The van der Waals surface area contributed by atoms with Crippen LogP contribution in [0, 0.1) is 0 Å². The summed E-state index contributed by atoms with van der Waals surface area (Å²) in [6.07, 6.45) is 0. The number of anilines is 1. The van der Waals surface area contributed by atoms with E-state index < -0.39 is 0 Å². The Morgan fingerprint density at radius 1 is 0.875 bits per heavy atom. The second-order valence-electron chi connectivity index (χ2n) is 5.54. The van der Waals surface area contributed by atoms with E-state index in [4.69, 9.17) is 20.8 Å². The summed E-state index contributed by atoms with van der Waals surface area (Å²) in [5.74, 6) is 0.909. The summed E-state index contributed by atoms with van der Waals surface area (Å²) in [4.78, 5) is 2.30. The Labute approximate surface area is 144 Å². The quantitative estimate of drug-likeness (QED) is 0.723. The van der Waals surface area contributed by atoms with Gasteiger partial charge in [0, 0.05) is 24.3 Å². The van der Waals surface area contributed by atoms with Crippen LogP contribution in [0.25, 0.3) is 22.9 Å². The molecular formula is C18H16ClN3O2. The Morgan fingerprint density at radius 3 is 2.33 bits per heavy atom. The Morgan fingerprint density at radius 2 is 1.58 bits per heavy atom. The largest absolute Gasteiger partial charge is 0.416 e. The van der Waals surface area contributed by atoms with Crippen LogP contribution < -0.4 is 4.90 Å². The number of benzene rings is 2. The lowest BCUT2D eigenvalue weighted by Gasteiger charge is -2.28. The summed E-state index contributed by atoms with van der Waals surface area (Å²) in [6.45, 7) is 3.37. The summed E-state index contributed by atoms with van der Waals surface area (Å²) in [5.41, 5.74) is 2.80. The van der Waals surface area contributed by atoms with E-state index >= 15 is 0 Å². The molecule has 3 aromatic rings. The highest BCUT2D eigenvalue weighted by Crippen LogP contribution is 2.29.